The third-order valence-corrected chi connectivity index (χ3v) is 3.93. The Bertz CT molecular complexity index is 948. The average molecular weight is 385 g/mol. The fourth-order valence-corrected chi connectivity index (χ4v) is 2.45. The van der Waals surface area contributed by atoms with E-state index in [1.54, 1.807) is 43.5 Å². The molecule has 2 N–H and O–H groups in total. The highest BCUT2D eigenvalue weighted by Crippen LogP contribution is 2.29. The topological polar surface area (TPSA) is 85.4 Å². The van der Waals surface area contributed by atoms with Crippen LogP contribution in [0.4, 0.5) is 17.2 Å². The first kappa shape index (κ1) is 18.5. The number of nitrogens with zero attached hydrogens (tertiary/aromatic N) is 2. The molecule has 0 atom stereocenters. The number of anilines is 3. The van der Waals surface area contributed by atoms with Gasteiger partial charge in [0.25, 0.3) is 5.91 Å². The molecule has 0 radical (unpaired) electrons. The van der Waals surface area contributed by atoms with Crippen molar-refractivity contribution in [3.63, 3.8) is 0 Å². The van der Waals surface area contributed by atoms with Crippen molar-refractivity contribution in [1.82, 2.24) is 9.97 Å². The summed E-state index contributed by atoms with van der Waals surface area (Å²) in [6.45, 7) is 0. The second kappa shape index (κ2) is 8.37. The lowest BCUT2D eigenvalue weighted by Crippen LogP contribution is -2.15. The minimum absolute atomic E-state index is 0.208. The second-order valence-corrected chi connectivity index (χ2v) is 5.88. The number of rotatable bonds is 6. The molecule has 0 aliphatic rings. The van der Waals surface area contributed by atoms with Gasteiger partial charge in [-0.15, -0.1) is 0 Å². The molecule has 0 saturated carbocycles. The molecule has 0 saturated heterocycles. The van der Waals surface area contributed by atoms with E-state index < -0.39 is 0 Å². The van der Waals surface area contributed by atoms with E-state index in [2.05, 4.69) is 20.6 Å². The van der Waals surface area contributed by atoms with Crippen LogP contribution >= 0.6 is 11.6 Å². The molecular weight excluding hydrogens is 368 g/mol. The lowest BCUT2D eigenvalue weighted by Gasteiger charge is -2.12. The number of benzene rings is 2. The van der Waals surface area contributed by atoms with Crippen molar-refractivity contribution >= 4 is 34.7 Å². The molecule has 1 heterocycles. The van der Waals surface area contributed by atoms with E-state index >= 15 is 0 Å². The van der Waals surface area contributed by atoms with Crippen molar-refractivity contribution in [2.75, 3.05) is 24.9 Å². The maximum absolute atomic E-state index is 12.6. The van der Waals surface area contributed by atoms with E-state index in [-0.39, 0.29) is 11.6 Å². The van der Waals surface area contributed by atoms with Crippen molar-refractivity contribution in [2.45, 2.75) is 0 Å². The van der Waals surface area contributed by atoms with Gasteiger partial charge in [0.2, 0.25) is 0 Å². The molecule has 3 rings (SSSR count). The number of carbonyl (C=O) groups is 1. The summed E-state index contributed by atoms with van der Waals surface area (Å²) in [5, 5.41) is 6.51. The van der Waals surface area contributed by atoms with Crippen LogP contribution in [0.3, 0.4) is 0 Å². The monoisotopic (exact) mass is 384 g/mol. The van der Waals surface area contributed by atoms with Gasteiger partial charge in [-0.05, 0) is 36.4 Å². The molecule has 0 aliphatic heterocycles. The fraction of sp³-hybridized carbons (Fsp3) is 0.105. The largest absolute Gasteiger partial charge is 0.497 e. The molecule has 0 fully saturated rings. The van der Waals surface area contributed by atoms with Crippen LogP contribution in [0, 0.1) is 0 Å². The van der Waals surface area contributed by atoms with Crippen LogP contribution in [0.2, 0.25) is 5.02 Å². The molecule has 0 aliphatic carbocycles. The van der Waals surface area contributed by atoms with Crippen LogP contribution in [0.5, 0.6) is 11.5 Å². The van der Waals surface area contributed by atoms with Crippen LogP contribution in [-0.4, -0.2) is 30.1 Å². The van der Waals surface area contributed by atoms with E-state index in [1.807, 2.05) is 12.1 Å². The molecular formula is C19H17ClN4O3. The number of ether oxygens (including phenoxy) is 2. The predicted molar refractivity (Wildman–Crippen MR) is 104 cm³/mol. The standard InChI is InChI=1S/C19H17ClN4O3/c1-26-14-7-8-15(17(9-14)27-2)24-19(25)16-10-18(22-11-21-16)23-13-5-3-12(20)4-6-13/h3-11H,1-2H3,(H,24,25)(H,21,22,23). The molecule has 0 spiro atoms. The van der Waals surface area contributed by atoms with E-state index in [9.17, 15) is 4.79 Å². The first-order valence-electron chi connectivity index (χ1n) is 7.97. The molecule has 1 aromatic heterocycles. The Morgan fingerprint density at radius 1 is 1.00 bits per heavy atom. The van der Waals surface area contributed by atoms with E-state index in [0.717, 1.165) is 5.69 Å². The van der Waals surface area contributed by atoms with Crippen molar-refractivity contribution in [3.05, 3.63) is 65.6 Å². The van der Waals surface area contributed by atoms with Gasteiger partial charge < -0.3 is 20.1 Å². The normalized spacial score (nSPS) is 10.2. The molecule has 0 bridgehead atoms. The molecule has 7 nitrogen and oxygen atoms in total. The van der Waals surface area contributed by atoms with Crippen LogP contribution in [0.25, 0.3) is 0 Å². The van der Waals surface area contributed by atoms with E-state index in [1.165, 1.54) is 13.4 Å². The minimum atomic E-state index is -0.389. The molecule has 2 aromatic carbocycles. The summed E-state index contributed by atoms with van der Waals surface area (Å²) in [5.41, 5.74) is 1.51. The fourth-order valence-electron chi connectivity index (χ4n) is 2.32. The molecule has 0 unspecified atom stereocenters. The molecule has 8 heteroatoms. The molecule has 1 amide bonds. The zero-order valence-electron chi connectivity index (χ0n) is 14.7. The van der Waals surface area contributed by atoms with Gasteiger partial charge in [0.15, 0.2) is 0 Å². The van der Waals surface area contributed by atoms with Gasteiger partial charge >= 0.3 is 0 Å². The van der Waals surface area contributed by atoms with E-state index in [4.69, 9.17) is 21.1 Å². The number of hydrogen-bond donors (Lipinski definition) is 2. The summed E-state index contributed by atoms with van der Waals surface area (Å²) in [7, 11) is 3.08. The predicted octanol–water partition coefficient (Wildman–Crippen LogP) is 4.14. The van der Waals surface area contributed by atoms with Gasteiger partial charge in [-0.1, -0.05) is 11.6 Å². The average Bonchev–Trinajstić information content (AvgIpc) is 2.70. The number of nitrogens with one attached hydrogen (secondary N) is 2. The summed E-state index contributed by atoms with van der Waals surface area (Å²) in [6, 6.07) is 13.8. The SMILES string of the molecule is COc1ccc(NC(=O)c2cc(Nc3ccc(Cl)cc3)ncn2)c(OC)c1. The molecule has 27 heavy (non-hydrogen) atoms. The maximum atomic E-state index is 12.6. The quantitative estimate of drug-likeness (QED) is 0.664. The van der Waals surface area contributed by atoms with Crippen molar-refractivity contribution < 1.29 is 14.3 Å². The van der Waals surface area contributed by atoms with Crippen molar-refractivity contribution in [3.8, 4) is 11.5 Å². The smallest absolute Gasteiger partial charge is 0.274 e. The highest BCUT2D eigenvalue weighted by Gasteiger charge is 2.13. The Morgan fingerprint density at radius 3 is 2.48 bits per heavy atom. The highest BCUT2D eigenvalue weighted by atomic mass is 35.5. The number of halogens is 1. The third kappa shape index (κ3) is 4.65. The summed E-state index contributed by atoms with van der Waals surface area (Å²) in [6.07, 6.45) is 1.32. The second-order valence-electron chi connectivity index (χ2n) is 5.44. The summed E-state index contributed by atoms with van der Waals surface area (Å²) < 4.78 is 10.4. The Hall–Kier alpha value is -3.32. The highest BCUT2D eigenvalue weighted by molar-refractivity contribution is 6.30. The van der Waals surface area contributed by atoms with Crippen LogP contribution < -0.4 is 20.1 Å². The van der Waals surface area contributed by atoms with Gasteiger partial charge in [-0.2, -0.15) is 0 Å². The Labute approximate surface area is 161 Å². The third-order valence-electron chi connectivity index (χ3n) is 3.67. The zero-order chi connectivity index (χ0) is 19.2. The van der Waals surface area contributed by atoms with E-state index in [0.29, 0.717) is 28.0 Å². The van der Waals surface area contributed by atoms with Crippen LogP contribution in [-0.2, 0) is 0 Å². The van der Waals surface area contributed by atoms with Crippen molar-refractivity contribution in [2.24, 2.45) is 0 Å². The number of aromatic nitrogens is 2. The zero-order valence-corrected chi connectivity index (χ0v) is 15.4. The Kier molecular flexibility index (Phi) is 5.73. The van der Waals surface area contributed by atoms with Crippen LogP contribution in [0.1, 0.15) is 10.5 Å². The number of hydrogen-bond acceptors (Lipinski definition) is 6. The van der Waals surface area contributed by atoms with Gasteiger partial charge in [0.1, 0.15) is 29.3 Å². The first-order chi connectivity index (χ1) is 13.1. The van der Waals surface area contributed by atoms with Crippen molar-refractivity contribution in [1.29, 1.82) is 0 Å². The Morgan fingerprint density at radius 2 is 1.78 bits per heavy atom. The number of methoxy groups -OCH3 is 2. The lowest BCUT2D eigenvalue weighted by atomic mass is 10.2. The van der Waals surface area contributed by atoms with Gasteiger partial charge in [0, 0.05) is 22.8 Å². The number of amides is 1. The maximum Gasteiger partial charge on any atom is 0.274 e. The summed E-state index contributed by atoms with van der Waals surface area (Å²) >= 11 is 5.88. The Balaban J connectivity index is 1.76. The van der Waals surface area contributed by atoms with Gasteiger partial charge in [0.05, 0.1) is 19.9 Å². The number of carbonyl (C=O) groups excluding carboxylic acids is 1. The lowest BCUT2D eigenvalue weighted by molar-refractivity contribution is 0.102. The summed E-state index contributed by atoms with van der Waals surface area (Å²) in [5.74, 6) is 1.21. The molecule has 3 aromatic rings. The molecule has 138 valence electrons. The summed E-state index contributed by atoms with van der Waals surface area (Å²) in [4.78, 5) is 20.7. The first-order valence-corrected chi connectivity index (χ1v) is 8.35. The minimum Gasteiger partial charge on any atom is -0.497 e. The van der Waals surface area contributed by atoms with Gasteiger partial charge in [-0.25, -0.2) is 9.97 Å². The van der Waals surface area contributed by atoms with Crippen LogP contribution in [0.15, 0.2) is 54.9 Å². The van der Waals surface area contributed by atoms with Gasteiger partial charge in [-0.3, -0.25) is 4.79 Å².